The molecule has 0 aliphatic carbocycles. The average Bonchev–Trinajstić information content (AvgIpc) is 2.13. The highest BCUT2D eigenvalue weighted by atomic mass is 14.4. The molecule has 0 heterocycles. The molecule has 0 bridgehead atoms. The second-order valence-corrected chi connectivity index (χ2v) is 4.85. The van der Waals surface area contributed by atoms with Crippen LogP contribution in [0.25, 0.3) is 0 Å². The molecule has 0 aromatic heterocycles. The SMILES string of the molecule is [B]C(CC)(CC)C(C)(C)CCCC. The summed E-state index contributed by atoms with van der Waals surface area (Å²) in [4.78, 5) is 0. The standard InChI is InChI=1S/C12H25B/c1-6-9-10-11(4,5)12(13,7-2)8-3/h6-10H2,1-5H3. The van der Waals surface area contributed by atoms with E-state index >= 15 is 0 Å². The maximum atomic E-state index is 6.42. The van der Waals surface area contributed by atoms with Crippen molar-refractivity contribution in [2.45, 2.75) is 72.0 Å². The first-order valence-electron chi connectivity index (χ1n) is 5.72. The van der Waals surface area contributed by atoms with E-state index in [0.29, 0.717) is 0 Å². The van der Waals surface area contributed by atoms with Crippen molar-refractivity contribution in [3.8, 4) is 0 Å². The van der Waals surface area contributed by atoms with E-state index in [-0.39, 0.29) is 10.7 Å². The van der Waals surface area contributed by atoms with Crippen molar-refractivity contribution in [2.75, 3.05) is 0 Å². The minimum absolute atomic E-state index is 0.0299. The summed E-state index contributed by atoms with van der Waals surface area (Å²) in [5, 5.41) is 0.0299. The van der Waals surface area contributed by atoms with Gasteiger partial charge in [-0.25, -0.2) is 0 Å². The van der Waals surface area contributed by atoms with Gasteiger partial charge in [0, 0.05) is 0 Å². The Hall–Kier alpha value is 0.0649. The zero-order valence-electron chi connectivity index (χ0n) is 10.1. The van der Waals surface area contributed by atoms with Gasteiger partial charge in [0.1, 0.15) is 0 Å². The third-order valence-electron chi connectivity index (χ3n) is 3.76. The maximum Gasteiger partial charge on any atom is 0.0753 e. The third kappa shape index (κ3) is 3.04. The molecule has 0 fully saturated rings. The first-order valence-corrected chi connectivity index (χ1v) is 5.72. The summed E-state index contributed by atoms with van der Waals surface area (Å²) in [6, 6.07) is 0. The van der Waals surface area contributed by atoms with Crippen LogP contribution in [-0.2, 0) is 0 Å². The molecule has 0 saturated heterocycles. The van der Waals surface area contributed by atoms with Crippen LogP contribution in [0.4, 0.5) is 0 Å². The van der Waals surface area contributed by atoms with Crippen LogP contribution >= 0.6 is 0 Å². The maximum absolute atomic E-state index is 6.42. The number of unbranched alkanes of at least 4 members (excludes halogenated alkanes) is 1. The molecular formula is C12H25B. The second kappa shape index (κ2) is 5.07. The zero-order valence-corrected chi connectivity index (χ0v) is 10.1. The summed E-state index contributed by atoms with van der Waals surface area (Å²) < 4.78 is 0. The lowest BCUT2D eigenvalue weighted by Crippen LogP contribution is -2.31. The van der Waals surface area contributed by atoms with Gasteiger partial charge in [0.2, 0.25) is 0 Å². The van der Waals surface area contributed by atoms with E-state index in [4.69, 9.17) is 7.85 Å². The summed E-state index contributed by atoms with van der Waals surface area (Å²) in [7, 11) is 6.42. The molecule has 0 aromatic carbocycles. The molecule has 0 rings (SSSR count). The van der Waals surface area contributed by atoms with Crippen molar-refractivity contribution < 1.29 is 0 Å². The molecule has 0 aromatic rings. The van der Waals surface area contributed by atoms with Gasteiger partial charge >= 0.3 is 0 Å². The molecule has 0 nitrogen and oxygen atoms in total. The van der Waals surface area contributed by atoms with Crippen molar-refractivity contribution in [3.05, 3.63) is 0 Å². The number of hydrogen-bond donors (Lipinski definition) is 0. The minimum atomic E-state index is 0.0299. The Morgan fingerprint density at radius 1 is 1.00 bits per heavy atom. The fourth-order valence-electron chi connectivity index (χ4n) is 2.07. The first kappa shape index (κ1) is 13.1. The van der Waals surface area contributed by atoms with Crippen molar-refractivity contribution in [1.29, 1.82) is 0 Å². The molecule has 0 saturated carbocycles. The Morgan fingerprint density at radius 3 is 1.77 bits per heavy atom. The lowest BCUT2D eigenvalue weighted by atomic mass is 9.50. The van der Waals surface area contributed by atoms with Crippen LogP contribution in [0.5, 0.6) is 0 Å². The summed E-state index contributed by atoms with van der Waals surface area (Å²) in [5.74, 6) is 0. The van der Waals surface area contributed by atoms with Gasteiger partial charge in [0.15, 0.2) is 0 Å². The largest absolute Gasteiger partial charge is 0.0753 e. The van der Waals surface area contributed by atoms with Gasteiger partial charge < -0.3 is 0 Å². The number of hydrogen-bond acceptors (Lipinski definition) is 0. The lowest BCUT2D eigenvalue weighted by Gasteiger charge is -2.44. The molecule has 2 radical (unpaired) electrons. The van der Waals surface area contributed by atoms with Gasteiger partial charge in [-0.15, -0.1) is 0 Å². The summed E-state index contributed by atoms with van der Waals surface area (Å²) in [6.07, 6.45) is 5.99. The minimum Gasteiger partial charge on any atom is -0.0655 e. The van der Waals surface area contributed by atoms with E-state index in [9.17, 15) is 0 Å². The molecule has 0 aliphatic heterocycles. The fourth-order valence-corrected chi connectivity index (χ4v) is 2.07. The van der Waals surface area contributed by atoms with Gasteiger partial charge in [-0.1, -0.05) is 65.6 Å². The van der Waals surface area contributed by atoms with Gasteiger partial charge in [0.05, 0.1) is 7.85 Å². The van der Waals surface area contributed by atoms with Crippen LogP contribution in [0.1, 0.15) is 66.7 Å². The Morgan fingerprint density at radius 2 is 1.46 bits per heavy atom. The average molecular weight is 180 g/mol. The molecule has 0 aliphatic rings. The van der Waals surface area contributed by atoms with Crippen LogP contribution in [0.2, 0.25) is 5.31 Å². The molecule has 0 spiro atoms. The van der Waals surface area contributed by atoms with Gasteiger partial charge in [0.25, 0.3) is 0 Å². The normalized spacial score (nSPS) is 13.3. The molecule has 76 valence electrons. The van der Waals surface area contributed by atoms with Crippen LogP contribution in [0, 0.1) is 5.41 Å². The van der Waals surface area contributed by atoms with E-state index in [0.717, 1.165) is 12.8 Å². The molecule has 0 unspecified atom stereocenters. The Labute approximate surface area is 85.9 Å². The lowest BCUT2D eigenvalue weighted by molar-refractivity contribution is 0.196. The first-order chi connectivity index (χ1) is 5.93. The van der Waals surface area contributed by atoms with E-state index in [2.05, 4.69) is 34.6 Å². The van der Waals surface area contributed by atoms with E-state index in [1.165, 1.54) is 19.3 Å². The van der Waals surface area contributed by atoms with E-state index < -0.39 is 0 Å². The summed E-state index contributed by atoms with van der Waals surface area (Å²) in [5.41, 5.74) is 0.284. The topological polar surface area (TPSA) is 0 Å². The quantitative estimate of drug-likeness (QED) is 0.533. The molecule has 0 N–H and O–H groups in total. The highest BCUT2D eigenvalue weighted by molar-refractivity contribution is 6.15. The van der Waals surface area contributed by atoms with Crippen molar-refractivity contribution in [2.24, 2.45) is 5.41 Å². The van der Waals surface area contributed by atoms with Gasteiger partial charge in [-0.05, 0) is 11.8 Å². The Bertz CT molecular complexity index is 134. The predicted molar refractivity (Wildman–Crippen MR) is 62.3 cm³/mol. The Kier molecular flexibility index (Phi) is 5.10. The fraction of sp³-hybridized carbons (Fsp3) is 1.00. The van der Waals surface area contributed by atoms with Crippen molar-refractivity contribution in [3.63, 3.8) is 0 Å². The van der Waals surface area contributed by atoms with Crippen molar-refractivity contribution in [1.82, 2.24) is 0 Å². The van der Waals surface area contributed by atoms with Gasteiger partial charge in [-0.3, -0.25) is 0 Å². The molecular weight excluding hydrogens is 155 g/mol. The van der Waals surface area contributed by atoms with E-state index in [1.807, 2.05) is 0 Å². The highest BCUT2D eigenvalue weighted by Gasteiger charge is 2.36. The molecule has 13 heavy (non-hydrogen) atoms. The van der Waals surface area contributed by atoms with Crippen LogP contribution in [0.15, 0.2) is 0 Å². The molecule has 0 amide bonds. The Balaban J connectivity index is 4.37. The highest BCUT2D eigenvalue weighted by Crippen LogP contribution is 2.51. The third-order valence-corrected chi connectivity index (χ3v) is 3.76. The smallest absolute Gasteiger partial charge is 0.0655 e. The second-order valence-electron chi connectivity index (χ2n) is 4.85. The van der Waals surface area contributed by atoms with Gasteiger partial charge in [-0.2, -0.15) is 0 Å². The van der Waals surface area contributed by atoms with Crippen LogP contribution in [0.3, 0.4) is 0 Å². The van der Waals surface area contributed by atoms with Crippen LogP contribution in [-0.4, -0.2) is 7.85 Å². The van der Waals surface area contributed by atoms with E-state index in [1.54, 1.807) is 0 Å². The molecule has 0 atom stereocenters. The monoisotopic (exact) mass is 180 g/mol. The summed E-state index contributed by atoms with van der Waals surface area (Å²) >= 11 is 0. The predicted octanol–water partition coefficient (Wildman–Crippen LogP) is 4.35. The molecule has 1 heteroatoms. The van der Waals surface area contributed by atoms with Crippen molar-refractivity contribution >= 4 is 7.85 Å². The zero-order chi connectivity index (χ0) is 10.5. The summed E-state index contributed by atoms with van der Waals surface area (Å²) in [6.45, 7) is 11.3. The van der Waals surface area contributed by atoms with Crippen LogP contribution < -0.4 is 0 Å². The number of rotatable bonds is 6.